The second kappa shape index (κ2) is 6.97. The lowest BCUT2D eigenvalue weighted by Crippen LogP contribution is -2.41. The Morgan fingerprint density at radius 2 is 1.71 bits per heavy atom. The zero-order valence-corrected chi connectivity index (χ0v) is 14.4. The molecule has 0 saturated carbocycles. The van der Waals surface area contributed by atoms with E-state index in [1.807, 2.05) is 27.7 Å². The van der Waals surface area contributed by atoms with E-state index in [1.165, 1.54) is 0 Å². The molecule has 2 N–H and O–H groups in total. The van der Waals surface area contributed by atoms with E-state index in [0.29, 0.717) is 11.2 Å². The third-order valence-corrected chi connectivity index (χ3v) is 4.33. The predicted octanol–water partition coefficient (Wildman–Crippen LogP) is 2.16. The van der Waals surface area contributed by atoms with Gasteiger partial charge < -0.3 is 24.3 Å². The Balaban J connectivity index is 2.12. The van der Waals surface area contributed by atoms with E-state index in [4.69, 9.17) is 19.2 Å². The van der Waals surface area contributed by atoms with Gasteiger partial charge in [0, 0.05) is 0 Å². The third-order valence-electron chi connectivity index (χ3n) is 4.33. The highest BCUT2D eigenvalue weighted by Gasteiger charge is 2.52. The molecule has 1 aliphatic heterocycles. The Bertz CT molecular complexity index is 604. The molecule has 0 aliphatic carbocycles. The van der Waals surface area contributed by atoms with Crippen LogP contribution in [0.4, 0.5) is 0 Å². The van der Waals surface area contributed by atoms with Gasteiger partial charge in [0.05, 0.1) is 17.8 Å². The van der Waals surface area contributed by atoms with Crippen LogP contribution in [0.25, 0.3) is 6.08 Å². The van der Waals surface area contributed by atoms with E-state index in [9.17, 15) is 9.90 Å². The summed E-state index contributed by atoms with van der Waals surface area (Å²) in [4.78, 5) is 10.5. The van der Waals surface area contributed by atoms with Crippen molar-refractivity contribution in [2.45, 2.75) is 38.9 Å². The molecule has 0 amide bonds. The van der Waals surface area contributed by atoms with Crippen molar-refractivity contribution in [3.63, 3.8) is 0 Å². The zero-order chi connectivity index (χ0) is 18.0. The number of carbonyl (C=O) groups is 1. The van der Waals surface area contributed by atoms with Gasteiger partial charge in [0.1, 0.15) is 5.75 Å². The van der Waals surface area contributed by atoms with Crippen LogP contribution in [-0.2, 0) is 14.1 Å². The van der Waals surface area contributed by atoms with Crippen LogP contribution in [0.1, 0.15) is 33.3 Å². The molecular formula is C17H23BO6. The van der Waals surface area contributed by atoms with Gasteiger partial charge in [0.2, 0.25) is 0 Å². The largest absolute Gasteiger partial charge is 0.492 e. The Morgan fingerprint density at radius 1 is 1.17 bits per heavy atom. The van der Waals surface area contributed by atoms with E-state index in [1.54, 1.807) is 30.3 Å². The van der Waals surface area contributed by atoms with Crippen LogP contribution in [0, 0.1) is 0 Å². The molecule has 1 aliphatic rings. The minimum Gasteiger partial charge on any atom is -0.482 e. The maximum Gasteiger partial charge on any atom is 0.492 e. The highest BCUT2D eigenvalue weighted by Crippen LogP contribution is 2.38. The number of benzene rings is 1. The molecule has 1 aromatic carbocycles. The van der Waals surface area contributed by atoms with E-state index < -0.39 is 24.3 Å². The number of aliphatic hydroxyl groups excluding tert-OH is 1. The second-order valence-electron chi connectivity index (χ2n) is 6.72. The first-order chi connectivity index (χ1) is 11.1. The van der Waals surface area contributed by atoms with Crippen molar-refractivity contribution in [1.29, 1.82) is 0 Å². The number of carboxylic acids is 1. The van der Waals surface area contributed by atoms with Gasteiger partial charge in [-0.3, -0.25) is 0 Å². The van der Waals surface area contributed by atoms with Crippen molar-refractivity contribution >= 4 is 19.2 Å². The monoisotopic (exact) mass is 334 g/mol. The number of carboxylic acid groups (broad SMARTS) is 1. The van der Waals surface area contributed by atoms with E-state index in [-0.39, 0.29) is 13.2 Å². The highest BCUT2D eigenvalue weighted by molar-refractivity contribution is 6.55. The number of aliphatic hydroxyl groups is 1. The molecular weight excluding hydrogens is 311 g/mol. The smallest absolute Gasteiger partial charge is 0.482 e. The van der Waals surface area contributed by atoms with Gasteiger partial charge in [0.15, 0.2) is 6.61 Å². The SMILES string of the molecule is CC1(C)OB(C(=Cc2ccc(OCC(=O)O)cc2)CO)OC1(C)C. The summed E-state index contributed by atoms with van der Waals surface area (Å²) in [6, 6.07) is 6.90. The molecule has 1 fully saturated rings. The lowest BCUT2D eigenvalue weighted by Gasteiger charge is -2.32. The molecule has 24 heavy (non-hydrogen) atoms. The number of hydrogen-bond donors (Lipinski definition) is 2. The molecule has 0 bridgehead atoms. The normalized spacial score (nSPS) is 19.4. The number of aliphatic carboxylic acids is 1. The third kappa shape index (κ3) is 4.17. The van der Waals surface area contributed by atoms with Crippen molar-refractivity contribution in [2.24, 2.45) is 0 Å². The van der Waals surface area contributed by atoms with Gasteiger partial charge in [-0.15, -0.1) is 0 Å². The minimum absolute atomic E-state index is 0.186. The fourth-order valence-electron chi connectivity index (χ4n) is 2.20. The average molecular weight is 334 g/mol. The van der Waals surface area contributed by atoms with Gasteiger partial charge in [-0.2, -0.15) is 0 Å². The second-order valence-corrected chi connectivity index (χ2v) is 6.72. The molecule has 1 heterocycles. The lowest BCUT2D eigenvalue weighted by molar-refractivity contribution is -0.139. The number of rotatable bonds is 6. The summed E-state index contributed by atoms with van der Waals surface area (Å²) in [5.41, 5.74) is 0.505. The first-order valence-electron chi connectivity index (χ1n) is 7.76. The maximum atomic E-state index is 10.5. The van der Waals surface area contributed by atoms with Crippen LogP contribution in [0.15, 0.2) is 29.7 Å². The lowest BCUT2D eigenvalue weighted by atomic mass is 9.77. The molecule has 2 rings (SSSR count). The highest BCUT2D eigenvalue weighted by atomic mass is 16.7. The summed E-state index contributed by atoms with van der Waals surface area (Å²) >= 11 is 0. The van der Waals surface area contributed by atoms with Crippen LogP contribution in [-0.4, -0.2) is 47.7 Å². The Kier molecular flexibility index (Phi) is 5.37. The molecule has 6 nitrogen and oxygen atoms in total. The van der Waals surface area contributed by atoms with Crippen LogP contribution in [0.2, 0.25) is 0 Å². The van der Waals surface area contributed by atoms with Gasteiger partial charge in [0.25, 0.3) is 0 Å². The minimum atomic E-state index is -1.03. The van der Waals surface area contributed by atoms with Crippen molar-refractivity contribution in [1.82, 2.24) is 0 Å². The van der Waals surface area contributed by atoms with E-state index >= 15 is 0 Å². The number of ether oxygens (including phenoxy) is 1. The molecule has 0 spiro atoms. The van der Waals surface area contributed by atoms with Gasteiger partial charge in [-0.25, -0.2) is 4.79 Å². The summed E-state index contributed by atoms with van der Waals surface area (Å²) < 4.78 is 17.0. The average Bonchev–Trinajstić information content (AvgIpc) is 2.72. The van der Waals surface area contributed by atoms with Crippen molar-refractivity contribution in [3.8, 4) is 5.75 Å². The molecule has 1 aromatic rings. The zero-order valence-electron chi connectivity index (χ0n) is 14.4. The maximum absolute atomic E-state index is 10.5. The quantitative estimate of drug-likeness (QED) is 0.776. The fourth-order valence-corrected chi connectivity index (χ4v) is 2.20. The Morgan fingerprint density at radius 3 is 2.17 bits per heavy atom. The Hall–Kier alpha value is -1.83. The summed E-state index contributed by atoms with van der Waals surface area (Å²) in [7, 11) is -0.608. The van der Waals surface area contributed by atoms with E-state index in [0.717, 1.165) is 5.56 Å². The first kappa shape index (κ1) is 18.5. The molecule has 0 radical (unpaired) electrons. The van der Waals surface area contributed by atoms with Crippen molar-refractivity contribution in [2.75, 3.05) is 13.2 Å². The topological polar surface area (TPSA) is 85.2 Å². The van der Waals surface area contributed by atoms with Gasteiger partial charge >= 0.3 is 13.1 Å². The van der Waals surface area contributed by atoms with Crippen LogP contribution in [0.3, 0.4) is 0 Å². The predicted molar refractivity (Wildman–Crippen MR) is 90.7 cm³/mol. The summed E-state index contributed by atoms with van der Waals surface area (Å²) in [5, 5.41) is 18.3. The van der Waals surface area contributed by atoms with Crippen molar-refractivity contribution < 1.29 is 29.1 Å². The van der Waals surface area contributed by atoms with E-state index in [2.05, 4.69) is 0 Å². The van der Waals surface area contributed by atoms with Crippen LogP contribution in [0.5, 0.6) is 5.75 Å². The summed E-state index contributed by atoms with van der Waals surface area (Å²) in [6.07, 6.45) is 1.79. The van der Waals surface area contributed by atoms with Crippen molar-refractivity contribution in [3.05, 3.63) is 35.3 Å². The van der Waals surface area contributed by atoms with Crippen LogP contribution >= 0.6 is 0 Å². The molecule has 7 heteroatoms. The van der Waals surface area contributed by atoms with Gasteiger partial charge in [-0.1, -0.05) is 18.2 Å². The standard InChI is InChI=1S/C17H23BO6/c1-16(2)17(3,4)24-18(23-16)13(10-19)9-12-5-7-14(8-6-12)22-11-15(20)21/h5-9,19H,10-11H2,1-4H3,(H,20,21). The summed E-state index contributed by atoms with van der Waals surface area (Å²) in [6.45, 7) is 7.25. The summed E-state index contributed by atoms with van der Waals surface area (Å²) in [5.74, 6) is -0.557. The van der Waals surface area contributed by atoms with Crippen LogP contribution < -0.4 is 4.74 Å². The molecule has 0 unspecified atom stereocenters. The molecule has 130 valence electrons. The molecule has 0 atom stereocenters. The Labute approximate surface area is 142 Å². The fraction of sp³-hybridized carbons (Fsp3) is 0.471. The number of hydrogen-bond acceptors (Lipinski definition) is 5. The van der Waals surface area contributed by atoms with Gasteiger partial charge in [-0.05, 0) is 50.9 Å². The first-order valence-corrected chi connectivity index (χ1v) is 7.76. The molecule has 1 saturated heterocycles. The molecule has 0 aromatic heterocycles.